The van der Waals surface area contributed by atoms with Gasteiger partial charge in [0, 0.05) is 24.0 Å². The Labute approximate surface area is 164 Å². The molecule has 2 aromatic carbocycles. The highest BCUT2D eigenvalue weighted by atomic mass is 19.1. The number of halogens is 1. The first-order chi connectivity index (χ1) is 13.6. The molecule has 1 saturated heterocycles. The average molecular weight is 380 g/mol. The number of carbonyl (C=O) groups excluding carboxylic acids is 1. The van der Waals surface area contributed by atoms with Crippen molar-refractivity contribution in [2.24, 2.45) is 0 Å². The highest BCUT2D eigenvalue weighted by Crippen LogP contribution is 2.26. The van der Waals surface area contributed by atoms with Crippen molar-refractivity contribution in [3.05, 3.63) is 70.7 Å². The summed E-state index contributed by atoms with van der Waals surface area (Å²) >= 11 is 0. The number of nitrogens with one attached hydrogen (secondary N) is 1. The third-order valence-corrected chi connectivity index (χ3v) is 5.50. The van der Waals surface area contributed by atoms with Crippen molar-refractivity contribution in [3.63, 3.8) is 0 Å². The summed E-state index contributed by atoms with van der Waals surface area (Å²) in [5.74, 6) is -0.369. The van der Waals surface area contributed by atoms with E-state index in [9.17, 15) is 9.18 Å². The monoisotopic (exact) mass is 380 g/mol. The second kappa shape index (κ2) is 8.15. The number of hydrogen-bond donors (Lipinski definition) is 1. The maximum absolute atomic E-state index is 13.5. The largest absolute Gasteiger partial charge is 0.451 e. The van der Waals surface area contributed by atoms with Crippen molar-refractivity contribution in [2.75, 3.05) is 13.1 Å². The summed E-state index contributed by atoms with van der Waals surface area (Å²) in [5, 5.41) is 3.60. The third kappa shape index (κ3) is 3.94. The Morgan fingerprint density at radius 2 is 1.86 bits per heavy atom. The number of rotatable bonds is 5. The Kier molecular flexibility index (Phi) is 5.44. The molecule has 0 radical (unpaired) electrons. The quantitative estimate of drug-likeness (QED) is 0.692. The zero-order chi connectivity index (χ0) is 19.5. The molecule has 0 atom stereocenters. The van der Waals surface area contributed by atoms with Crippen molar-refractivity contribution >= 4 is 16.9 Å². The Bertz CT molecular complexity index is 989. The molecule has 1 aromatic heterocycles. The maximum Gasteiger partial charge on any atom is 0.287 e. The lowest BCUT2D eigenvalue weighted by atomic mass is 10.0. The molecule has 0 aliphatic carbocycles. The minimum atomic E-state index is -0.338. The number of benzene rings is 2. The smallest absolute Gasteiger partial charge is 0.287 e. The molecule has 0 saturated carbocycles. The fourth-order valence-corrected chi connectivity index (χ4v) is 3.91. The lowest BCUT2D eigenvalue weighted by Crippen LogP contribution is -2.30. The van der Waals surface area contributed by atoms with Gasteiger partial charge in [0.05, 0.1) is 0 Å². The van der Waals surface area contributed by atoms with Crippen molar-refractivity contribution in [1.29, 1.82) is 0 Å². The Balaban J connectivity index is 1.47. The van der Waals surface area contributed by atoms with Gasteiger partial charge in [0.25, 0.3) is 5.91 Å². The SMILES string of the molecule is Cc1c(C(=O)NCc2ccccc2CN2CCCCC2)oc2ccc(F)cc12. The van der Waals surface area contributed by atoms with E-state index < -0.39 is 0 Å². The normalized spacial score (nSPS) is 15.1. The van der Waals surface area contributed by atoms with Gasteiger partial charge in [-0.15, -0.1) is 0 Å². The number of aryl methyl sites for hydroxylation is 1. The van der Waals surface area contributed by atoms with Gasteiger partial charge in [0.15, 0.2) is 5.76 Å². The zero-order valence-electron chi connectivity index (χ0n) is 16.1. The molecule has 1 N–H and O–H groups in total. The first-order valence-corrected chi connectivity index (χ1v) is 9.88. The van der Waals surface area contributed by atoms with Crippen LogP contribution in [0.2, 0.25) is 0 Å². The van der Waals surface area contributed by atoms with Gasteiger partial charge in [-0.25, -0.2) is 4.39 Å². The van der Waals surface area contributed by atoms with E-state index in [1.807, 2.05) is 12.1 Å². The second-order valence-electron chi connectivity index (χ2n) is 7.48. The first kappa shape index (κ1) is 18.7. The second-order valence-corrected chi connectivity index (χ2v) is 7.48. The predicted molar refractivity (Wildman–Crippen MR) is 108 cm³/mol. The van der Waals surface area contributed by atoms with Gasteiger partial charge in [-0.2, -0.15) is 0 Å². The fourth-order valence-electron chi connectivity index (χ4n) is 3.91. The van der Waals surface area contributed by atoms with Crippen LogP contribution in [0.3, 0.4) is 0 Å². The summed E-state index contributed by atoms with van der Waals surface area (Å²) in [6.45, 7) is 5.40. The Morgan fingerprint density at radius 1 is 1.11 bits per heavy atom. The molecule has 0 unspecified atom stereocenters. The van der Waals surface area contributed by atoms with Gasteiger partial charge in [0.2, 0.25) is 0 Å². The molecule has 4 rings (SSSR count). The number of carbonyl (C=O) groups is 1. The molecule has 1 fully saturated rings. The summed E-state index contributed by atoms with van der Waals surface area (Å²) in [6.07, 6.45) is 3.82. The number of likely N-dealkylation sites (tertiary alicyclic amines) is 1. The van der Waals surface area contributed by atoms with Gasteiger partial charge in [-0.1, -0.05) is 30.7 Å². The van der Waals surface area contributed by atoms with E-state index in [4.69, 9.17) is 4.42 Å². The van der Waals surface area contributed by atoms with Crippen LogP contribution in [0.1, 0.15) is 46.5 Å². The van der Waals surface area contributed by atoms with E-state index in [0.29, 0.717) is 23.1 Å². The van der Waals surface area contributed by atoms with E-state index >= 15 is 0 Å². The van der Waals surface area contributed by atoms with Gasteiger partial charge in [0.1, 0.15) is 11.4 Å². The molecule has 0 spiro atoms. The molecule has 2 heterocycles. The fraction of sp³-hybridized carbons (Fsp3) is 0.348. The van der Waals surface area contributed by atoms with Crippen LogP contribution in [0.25, 0.3) is 11.0 Å². The number of amides is 1. The minimum Gasteiger partial charge on any atom is -0.451 e. The first-order valence-electron chi connectivity index (χ1n) is 9.88. The summed E-state index contributed by atoms with van der Waals surface area (Å²) in [7, 11) is 0. The van der Waals surface area contributed by atoms with Crippen LogP contribution < -0.4 is 5.32 Å². The molecular formula is C23H25FN2O2. The number of hydrogen-bond acceptors (Lipinski definition) is 3. The zero-order valence-corrected chi connectivity index (χ0v) is 16.1. The van der Waals surface area contributed by atoms with Crippen LogP contribution in [0, 0.1) is 12.7 Å². The summed E-state index contributed by atoms with van der Waals surface area (Å²) < 4.78 is 19.2. The molecule has 28 heavy (non-hydrogen) atoms. The number of fused-ring (bicyclic) bond motifs is 1. The molecule has 3 aromatic rings. The molecule has 4 nitrogen and oxygen atoms in total. The van der Waals surface area contributed by atoms with Crippen LogP contribution in [0.4, 0.5) is 4.39 Å². The van der Waals surface area contributed by atoms with Crippen molar-refractivity contribution in [3.8, 4) is 0 Å². The van der Waals surface area contributed by atoms with Crippen LogP contribution >= 0.6 is 0 Å². The predicted octanol–water partition coefficient (Wildman–Crippen LogP) is 4.80. The highest BCUT2D eigenvalue weighted by molar-refractivity contribution is 5.98. The van der Waals surface area contributed by atoms with Gasteiger partial charge >= 0.3 is 0 Å². The molecule has 1 aliphatic heterocycles. The Hall–Kier alpha value is -2.66. The van der Waals surface area contributed by atoms with Crippen LogP contribution in [0.15, 0.2) is 46.9 Å². The summed E-state index contributed by atoms with van der Waals surface area (Å²) in [5.41, 5.74) is 3.54. The third-order valence-electron chi connectivity index (χ3n) is 5.50. The minimum absolute atomic E-state index is 0.245. The van der Waals surface area contributed by atoms with Crippen LogP contribution in [-0.2, 0) is 13.1 Å². The molecule has 0 bridgehead atoms. The topological polar surface area (TPSA) is 45.5 Å². The standard InChI is InChI=1S/C23H25FN2O2/c1-16-20-13-19(24)9-10-21(20)28-22(16)23(27)25-14-17-7-3-4-8-18(17)15-26-11-5-2-6-12-26/h3-4,7-10,13H,2,5-6,11-12,14-15H2,1H3,(H,25,27). The van der Waals surface area contributed by atoms with Gasteiger partial charge in [-0.05, 0) is 62.2 Å². The van der Waals surface area contributed by atoms with E-state index in [0.717, 1.165) is 25.2 Å². The van der Waals surface area contributed by atoms with Gasteiger partial charge in [-0.3, -0.25) is 9.69 Å². The van der Waals surface area contributed by atoms with Crippen LogP contribution in [0.5, 0.6) is 0 Å². The van der Waals surface area contributed by atoms with Crippen LogP contribution in [-0.4, -0.2) is 23.9 Å². The van der Waals surface area contributed by atoms with Crippen molar-refractivity contribution in [1.82, 2.24) is 10.2 Å². The number of piperidine rings is 1. The number of nitrogens with zero attached hydrogens (tertiary/aromatic N) is 1. The molecular weight excluding hydrogens is 355 g/mol. The van der Waals surface area contributed by atoms with E-state index in [1.165, 1.54) is 37.0 Å². The Morgan fingerprint density at radius 3 is 2.64 bits per heavy atom. The summed E-state index contributed by atoms with van der Waals surface area (Å²) in [6, 6.07) is 12.5. The molecule has 1 amide bonds. The van der Waals surface area contributed by atoms with Crippen molar-refractivity contribution in [2.45, 2.75) is 39.3 Å². The molecule has 5 heteroatoms. The lowest BCUT2D eigenvalue weighted by Gasteiger charge is -2.27. The van der Waals surface area contributed by atoms with E-state index in [2.05, 4.69) is 22.3 Å². The summed E-state index contributed by atoms with van der Waals surface area (Å²) in [4.78, 5) is 15.2. The molecule has 146 valence electrons. The van der Waals surface area contributed by atoms with E-state index in [-0.39, 0.29) is 17.5 Å². The lowest BCUT2D eigenvalue weighted by molar-refractivity contribution is 0.0924. The number of furan rings is 1. The van der Waals surface area contributed by atoms with Gasteiger partial charge < -0.3 is 9.73 Å². The average Bonchev–Trinajstić information content (AvgIpc) is 3.04. The van der Waals surface area contributed by atoms with Crippen molar-refractivity contribution < 1.29 is 13.6 Å². The molecule has 1 aliphatic rings. The highest BCUT2D eigenvalue weighted by Gasteiger charge is 2.18. The maximum atomic E-state index is 13.5. The van der Waals surface area contributed by atoms with E-state index in [1.54, 1.807) is 13.0 Å².